The van der Waals surface area contributed by atoms with Crippen LogP contribution in [0.1, 0.15) is 26.7 Å². The van der Waals surface area contributed by atoms with Gasteiger partial charge in [0.05, 0.1) is 6.54 Å². The molecule has 2 aliphatic heterocycles. The Kier molecular flexibility index (Phi) is 2.75. The maximum Gasteiger partial charge on any atom is 0.261 e. The molecule has 0 saturated carbocycles. The molecule has 0 N–H and O–H groups in total. The van der Waals surface area contributed by atoms with E-state index in [1.807, 2.05) is 4.90 Å². The highest BCUT2D eigenvalue weighted by Crippen LogP contribution is 2.34. The van der Waals surface area contributed by atoms with Crippen LogP contribution >= 0.6 is 0 Å². The van der Waals surface area contributed by atoms with Crippen LogP contribution in [0.15, 0.2) is 0 Å². The largest absolute Gasteiger partial charge is 0.299 e. The highest BCUT2D eigenvalue weighted by atomic mass is 19.3. The van der Waals surface area contributed by atoms with Gasteiger partial charge in [-0.15, -0.1) is 0 Å². The van der Waals surface area contributed by atoms with Crippen molar-refractivity contribution in [2.45, 2.75) is 50.7 Å². The maximum absolute atomic E-state index is 13.1. The van der Waals surface area contributed by atoms with Crippen LogP contribution in [-0.4, -0.2) is 54.0 Å². The van der Waals surface area contributed by atoms with E-state index in [0.717, 1.165) is 6.42 Å². The fraction of sp³-hybridized carbons (Fsp3) is 1.00. The molecule has 0 aromatic rings. The minimum Gasteiger partial charge on any atom is -0.299 e. The van der Waals surface area contributed by atoms with Crippen molar-refractivity contribution in [3.8, 4) is 0 Å². The number of halogens is 2. The van der Waals surface area contributed by atoms with E-state index < -0.39 is 5.92 Å². The molecule has 1 unspecified atom stereocenters. The third kappa shape index (κ3) is 2.02. The van der Waals surface area contributed by atoms with Crippen molar-refractivity contribution in [3.05, 3.63) is 0 Å². The van der Waals surface area contributed by atoms with Gasteiger partial charge < -0.3 is 0 Å². The molecule has 0 bridgehead atoms. The first-order valence-electron chi connectivity index (χ1n) is 5.74. The Morgan fingerprint density at radius 2 is 1.93 bits per heavy atom. The summed E-state index contributed by atoms with van der Waals surface area (Å²) in [7, 11) is 2.09. The quantitative estimate of drug-likeness (QED) is 0.662. The third-order valence-electron chi connectivity index (χ3n) is 4.15. The summed E-state index contributed by atoms with van der Waals surface area (Å²) in [5, 5.41) is 0. The van der Waals surface area contributed by atoms with Gasteiger partial charge in [0.15, 0.2) is 0 Å². The molecule has 2 saturated heterocycles. The lowest BCUT2D eigenvalue weighted by Crippen LogP contribution is -2.42. The standard InChI is InChI=1S/C11H20F2N2/c1-8-6-10(9(2)14(8)3)15-5-4-11(12,13)7-15/h8-10H,4-7H2,1-3H3/t8-,9-,10?/m1/s1. The number of nitrogens with zero attached hydrogens (tertiary/aromatic N) is 2. The molecule has 15 heavy (non-hydrogen) atoms. The smallest absolute Gasteiger partial charge is 0.261 e. The first-order chi connectivity index (χ1) is 6.91. The molecular weight excluding hydrogens is 198 g/mol. The maximum atomic E-state index is 13.1. The van der Waals surface area contributed by atoms with E-state index in [1.165, 1.54) is 0 Å². The molecule has 0 radical (unpaired) electrons. The van der Waals surface area contributed by atoms with Gasteiger partial charge in [0.25, 0.3) is 5.92 Å². The Morgan fingerprint density at radius 1 is 1.27 bits per heavy atom. The monoisotopic (exact) mass is 218 g/mol. The topological polar surface area (TPSA) is 6.48 Å². The number of hydrogen-bond donors (Lipinski definition) is 0. The number of likely N-dealkylation sites (tertiary alicyclic amines) is 2. The predicted octanol–water partition coefficient (Wildman–Crippen LogP) is 1.81. The molecule has 2 aliphatic rings. The average molecular weight is 218 g/mol. The summed E-state index contributed by atoms with van der Waals surface area (Å²) >= 11 is 0. The first-order valence-corrected chi connectivity index (χ1v) is 5.74. The molecule has 0 amide bonds. The van der Waals surface area contributed by atoms with Crippen LogP contribution in [0.25, 0.3) is 0 Å². The van der Waals surface area contributed by atoms with Gasteiger partial charge in [-0.3, -0.25) is 9.80 Å². The second-order valence-electron chi connectivity index (χ2n) is 5.13. The predicted molar refractivity (Wildman–Crippen MR) is 56.2 cm³/mol. The summed E-state index contributed by atoms with van der Waals surface area (Å²) in [6.45, 7) is 4.83. The van der Waals surface area contributed by atoms with E-state index in [2.05, 4.69) is 25.8 Å². The van der Waals surface area contributed by atoms with Gasteiger partial charge in [0, 0.05) is 31.1 Å². The van der Waals surface area contributed by atoms with Crippen LogP contribution in [0, 0.1) is 0 Å². The average Bonchev–Trinajstić information content (AvgIpc) is 2.62. The van der Waals surface area contributed by atoms with E-state index in [0.29, 0.717) is 24.7 Å². The molecule has 0 aromatic heterocycles. The fourth-order valence-corrected chi connectivity index (χ4v) is 2.89. The fourth-order valence-electron chi connectivity index (χ4n) is 2.89. The number of likely N-dealkylation sites (N-methyl/N-ethyl adjacent to an activating group) is 1. The van der Waals surface area contributed by atoms with Crippen molar-refractivity contribution >= 4 is 0 Å². The molecule has 4 heteroatoms. The number of hydrogen-bond acceptors (Lipinski definition) is 2. The lowest BCUT2D eigenvalue weighted by Gasteiger charge is -2.29. The lowest BCUT2D eigenvalue weighted by atomic mass is 10.1. The Bertz CT molecular complexity index is 245. The SMILES string of the molecule is C[C@@H]1CC(N2CCC(F)(F)C2)[C@@H](C)N1C. The Hall–Kier alpha value is -0.220. The zero-order chi connectivity index (χ0) is 11.2. The van der Waals surface area contributed by atoms with Crippen molar-refractivity contribution < 1.29 is 8.78 Å². The molecule has 2 heterocycles. The van der Waals surface area contributed by atoms with E-state index in [9.17, 15) is 8.78 Å². The summed E-state index contributed by atoms with van der Waals surface area (Å²) in [4.78, 5) is 4.27. The van der Waals surface area contributed by atoms with Gasteiger partial charge in [0.1, 0.15) is 0 Å². The van der Waals surface area contributed by atoms with Crippen molar-refractivity contribution in [2.75, 3.05) is 20.1 Å². The van der Waals surface area contributed by atoms with Crippen LogP contribution in [0.4, 0.5) is 8.78 Å². The summed E-state index contributed by atoms with van der Waals surface area (Å²) in [5.41, 5.74) is 0. The van der Waals surface area contributed by atoms with Crippen LogP contribution in [0.3, 0.4) is 0 Å². The molecular formula is C11H20F2N2. The number of alkyl halides is 2. The molecule has 3 atom stereocenters. The van der Waals surface area contributed by atoms with E-state index >= 15 is 0 Å². The zero-order valence-corrected chi connectivity index (χ0v) is 9.71. The Balaban J connectivity index is 2.01. The molecule has 2 fully saturated rings. The van der Waals surface area contributed by atoms with Gasteiger partial charge in [-0.25, -0.2) is 8.78 Å². The van der Waals surface area contributed by atoms with Crippen molar-refractivity contribution in [1.29, 1.82) is 0 Å². The normalized spacial score (nSPS) is 42.6. The summed E-state index contributed by atoms with van der Waals surface area (Å²) in [6, 6.07) is 1.23. The Labute approximate surface area is 90.2 Å². The van der Waals surface area contributed by atoms with Crippen LogP contribution in [0.5, 0.6) is 0 Å². The highest BCUT2D eigenvalue weighted by molar-refractivity contribution is 4.97. The van der Waals surface area contributed by atoms with Crippen LogP contribution < -0.4 is 0 Å². The van der Waals surface area contributed by atoms with Crippen molar-refractivity contribution in [1.82, 2.24) is 9.80 Å². The van der Waals surface area contributed by atoms with E-state index in [1.54, 1.807) is 0 Å². The molecule has 0 spiro atoms. The third-order valence-corrected chi connectivity index (χ3v) is 4.15. The van der Waals surface area contributed by atoms with Crippen molar-refractivity contribution in [2.24, 2.45) is 0 Å². The van der Waals surface area contributed by atoms with E-state index in [-0.39, 0.29) is 13.0 Å². The summed E-state index contributed by atoms with van der Waals surface area (Å²) < 4.78 is 26.2. The molecule has 88 valence electrons. The molecule has 0 aromatic carbocycles. The van der Waals surface area contributed by atoms with Gasteiger partial charge in [-0.1, -0.05) is 0 Å². The van der Waals surface area contributed by atoms with Gasteiger partial charge in [-0.2, -0.15) is 0 Å². The lowest BCUT2D eigenvalue weighted by molar-refractivity contribution is 0.00629. The second kappa shape index (κ2) is 3.67. The molecule has 2 rings (SSSR count). The number of rotatable bonds is 1. The minimum absolute atomic E-state index is 0.0360. The van der Waals surface area contributed by atoms with Gasteiger partial charge >= 0.3 is 0 Å². The second-order valence-corrected chi connectivity index (χ2v) is 5.13. The first kappa shape index (κ1) is 11.3. The van der Waals surface area contributed by atoms with Gasteiger partial charge in [-0.05, 0) is 27.3 Å². The Morgan fingerprint density at radius 3 is 2.33 bits per heavy atom. The highest BCUT2D eigenvalue weighted by Gasteiger charge is 2.45. The van der Waals surface area contributed by atoms with Gasteiger partial charge in [0.2, 0.25) is 0 Å². The van der Waals surface area contributed by atoms with Crippen molar-refractivity contribution in [3.63, 3.8) is 0 Å². The van der Waals surface area contributed by atoms with Crippen LogP contribution in [0.2, 0.25) is 0 Å². The minimum atomic E-state index is -2.45. The van der Waals surface area contributed by atoms with E-state index in [4.69, 9.17) is 0 Å². The molecule has 0 aliphatic carbocycles. The zero-order valence-electron chi connectivity index (χ0n) is 9.71. The molecule has 2 nitrogen and oxygen atoms in total. The summed E-state index contributed by atoms with van der Waals surface area (Å²) in [5.74, 6) is -2.45. The summed E-state index contributed by atoms with van der Waals surface area (Å²) in [6.07, 6.45) is 1.06. The van der Waals surface area contributed by atoms with Crippen LogP contribution in [-0.2, 0) is 0 Å².